The molecule has 0 heterocycles. The van der Waals surface area contributed by atoms with Gasteiger partial charge in [0.15, 0.2) is 0 Å². The number of anilines is 1. The van der Waals surface area contributed by atoms with Crippen LogP contribution in [0.1, 0.15) is 32.3 Å². The highest BCUT2D eigenvalue weighted by Crippen LogP contribution is 2.23. The van der Waals surface area contributed by atoms with Crippen molar-refractivity contribution >= 4 is 11.4 Å². The smallest absolute Gasteiger partial charge is 0.136 e. The lowest BCUT2D eigenvalue weighted by Gasteiger charge is -2.24. The number of hydrogen-bond donors (Lipinski definition) is 1. The topological polar surface area (TPSA) is 83.4 Å². The van der Waals surface area contributed by atoms with Crippen LogP contribution in [0.3, 0.4) is 0 Å². The molecule has 0 saturated carbocycles. The standard InChI is InChI=1S/C24H28N4O/c1-3-14-28(15-4-2)23-11-9-21(10-12-23)24(27-13-16-29)20-7-5-19(6-8-20)22(17-25)18-26/h5-12,20,29H,3-4,13-16H2,1-2H3. The van der Waals surface area contributed by atoms with Crippen molar-refractivity contribution in [2.45, 2.75) is 26.7 Å². The Morgan fingerprint density at radius 2 is 1.62 bits per heavy atom. The Morgan fingerprint density at radius 1 is 1.03 bits per heavy atom. The lowest BCUT2D eigenvalue weighted by molar-refractivity contribution is 0.307. The summed E-state index contributed by atoms with van der Waals surface area (Å²) in [7, 11) is 0. The van der Waals surface area contributed by atoms with Crippen LogP contribution >= 0.6 is 0 Å². The van der Waals surface area contributed by atoms with Gasteiger partial charge >= 0.3 is 0 Å². The van der Waals surface area contributed by atoms with E-state index in [4.69, 9.17) is 10.5 Å². The molecular formula is C24H28N4O. The first-order valence-electron chi connectivity index (χ1n) is 10.1. The Hall–Kier alpha value is -3.15. The number of nitrogens with zero attached hydrogens (tertiary/aromatic N) is 4. The van der Waals surface area contributed by atoms with Gasteiger partial charge in [-0.2, -0.15) is 10.5 Å². The molecule has 0 amide bonds. The molecule has 150 valence electrons. The molecule has 1 aromatic carbocycles. The van der Waals surface area contributed by atoms with Gasteiger partial charge < -0.3 is 10.0 Å². The molecule has 0 saturated heterocycles. The van der Waals surface area contributed by atoms with Gasteiger partial charge in [-0.1, -0.05) is 50.3 Å². The Morgan fingerprint density at radius 3 is 2.10 bits per heavy atom. The van der Waals surface area contributed by atoms with E-state index in [0.29, 0.717) is 12.1 Å². The Kier molecular flexibility index (Phi) is 8.89. The third-order valence-electron chi connectivity index (χ3n) is 4.69. The minimum Gasteiger partial charge on any atom is -0.394 e. The SMILES string of the molecule is CCCN(CCC)c1ccc(C(=NCCO)C2C=CC(=C(C#N)C#N)C=C2)cc1. The third-order valence-corrected chi connectivity index (χ3v) is 4.69. The average molecular weight is 389 g/mol. The van der Waals surface area contributed by atoms with E-state index >= 15 is 0 Å². The molecule has 5 nitrogen and oxygen atoms in total. The van der Waals surface area contributed by atoms with Crippen LogP contribution in [-0.4, -0.2) is 37.1 Å². The third kappa shape index (κ3) is 5.91. The summed E-state index contributed by atoms with van der Waals surface area (Å²) in [5.41, 5.74) is 3.78. The highest BCUT2D eigenvalue weighted by atomic mass is 16.3. The molecule has 1 N–H and O–H groups in total. The second-order valence-corrected chi connectivity index (χ2v) is 6.82. The quantitative estimate of drug-likeness (QED) is 0.508. The van der Waals surface area contributed by atoms with E-state index < -0.39 is 0 Å². The van der Waals surface area contributed by atoms with E-state index in [0.717, 1.165) is 37.2 Å². The molecule has 5 heteroatoms. The number of aliphatic hydroxyl groups excluding tert-OH is 1. The zero-order valence-electron chi connectivity index (χ0n) is 17.2. The van der Waals surface area contributed by atoms with Crippen LogP contribution in [0.4, 0.5) is 5.69 Å². The number of allylic oxidation sites excluding steroid dienone is 6. The van der Waals surface area contributed by atoms with E-state index in [1.807, 2.05) is 24.3 Å². The first-order valence-corrected chi connectivity index (χ1v) is 10.1. The first-order chi connectivity index (χ1) is 14.2. The second kappa shape index (κ2) is 11.6. The minimum atomic E-state index is -0.0721. The molecule has 0 radical (unpaired) electrons. The number of rotatable bonds is 9. The van der Waals surface area contributed by atoms with Crippen molar-refractivity contribution in [2.75, 3.05) is 31.1 Å². The Balaban J connectivity index is 2.30. The summed E-state index contributed by atoms with van der Waals surface area (Å²) < 4.78 is 0. The number of aliphatic imine (C=N–C) groups is 1. The van der Waals surface area contributed by atoms with Gasteiger partial charge in [0.25, 0.3) is 0 Å². The molecule has 0 bridgehead atoms. The van der Waals surface area contributed by atoms with Gasteiger partial charge in [-0.15, -0.1) is 0 Å². The Labute approximate surface area is 173 Å². The molecule has 0 aliphatic heterocycles. The summed E-state index contributed by atoms with van der Waals surface area (Å²) >= 11 is 0. The van der Waals surface area contributed by atoms with E-state index in [2.05, 4.69) is 48.0 Å². The zero-order valence-corrected chi connectivity index (χ0v) is 17.2. The van der Waals surface area contributed by atoms with Crippen LogP contribution < -0.4 is 4.90 Å². The van der Waals surface area contributed by atoms with Crippen LogP contribution in [0.5, 0.6) is 0 Å². The maximum absolute atomic E-state index is 9.24. The molecule has 0 atom stereocenters. The molecule has 0 aromatic heterocycles. The van der Waals surface area contributed by atoms with Crippen molar-refractivity contribution in [1.29, 1.82) is 10.5 Å². The van der Waals surface area contributed by atoms with Crippen molar-refractivity contribution in [3.63, 3.8) is 0 Å². The maximum Gasteiger partial charge on any atom is 0.136 e. The van der Waals surface area contributed by atoms with Gasteiger partial charge in [0.1, 0.15) is 17.7 Å². The van der Waals surface area contributed by atoms with Crippen molar-refractivity contribution in [3.8, 4) is 12.1 Å². The highest BCUT2D eigenvalue weighted by Gasteiger charge is 2.16. The summed E-state index contributed by atoms with van der Waals surface area (Å²) in [5, 5.41) is 27.3. The van der Waals surface area contributed by atoms with Crippen molar-refractivity contribution < 1.29 is 5.11 Å². The molecule has 1 aromatic rings. The molecule has 1 aliphatic rings. The van der Waals surface area contributed by atoms with Crippen molar-refractivity contribution in [2.24, 2.45) is 10.9 Å². The summed E-state index contributed by atoms with van der Waals surface area (Å²) in [4.78, 5) is 6.98. The van der Waals surface area contributed by atoms with Gasteiger partial charge in [0.05, 0.1) is 18.9 Å². The number of benzene rings is 1. The zero-order chi connectivity index (χ0) is 21.1. The molecule has 1 aliphatic carbocycles. The Bertz CT molecular complexity index is 841. The van der Waals surface area contributed by atoms with Crippen LogP contribution in [0, 0.1) is 28.6 Å². The maximum atomic E-state index is 9.24. The molecule has 29 heavy (non-hydrogen) atoms. The van der Waals surface area contributed by atoms with Gasteiger partial charge in [0.2, 0.25) is 0 Å². The lowest BCUT2D eigenvalue weighted by atomic mass is 9.90. The summed E-state index contributed by atoms with van der Waals surface area (Å²) in [6.07, 6.45) is 9.67. The minimum absolute atomic E-state index is 0.0132. The summed E-state index contributed by atoms with van der Waals surface area (Å²) in [6.45, 7) is 6.75. The van der Waals surface area contributed by atoms with Crippen LogP contribution in [0.15, 0.2) is 64.7 Å². The predicted octanol–water partition coefficient (Wildman–Crippen LogP) is 4.18. The first kappa shape index (κ1) is 22.1. The van der Waals surface area contributed by atoms with E-state index in [1.165, 1.54) is 5.69 Å². The van der Waals surface area contributed by atoms with Crippen LogP contribution in [0.2, 0.25) is 0 Å². The fraction of sp³-hybridized carbons (Fsp3) is 0.375. The fourth-order valence-electron chi connectivity index (χ4n) is 3.35. The fourth-order valence-corrected chi connectivity index (χ4v) is 3.35. The van der Waals surface area contributed by atoms with Crippen molar-refractivity contribution in [3.05, 3.63) is 65.3 Å². The molecular weight excluding hydrogens is 360 g/mol. The highest BCUT2D eigenvalue weighted by molar-refractivity contribution is 6.04. The van der Waals surface area contributed by atoms with E-state index in [1.54, 1.807) is 12.2 Å². The predicted molar refractivity (Wildman–Crippen MR) is 118 cm³/mol. The summed E-state index contributed by atoms with van der Waals surface area (Å²) in [5.74, 6) is -0.0721. The van der Waals surface area contributed by atoms with Crippen LogP contribution in [0.25, 0.3) is 0 Å². The molecule has 0 fully saturated rings. The molecule has 0 spiro atoms. The van der Waals surface area contributed by atoms with E-state index in [-0.39, 0.29) is 18.1 Å². The largest absolute Gasteiger partial charge is 0.394 e. The molecule has 2 rings (SSSR count). The summed E-state index contributed by atoms with van der Waals surface area (Å²) in [6, 6.07) is 12.2. The number of aliphatic hydroxyl groups is 1. The van der Waals surface area contributed by atoms with Gasteiger partial charge in [0, 0.05) is 30.3 Å². The monoisotopic (exact) mass is 388 g/mol. The normalized spacial score (nSPS) is 15.7. The molecule has 0 unspecified atom stereocenters. The second-order valence-electron chi connectivity index (χ2n) is 6.82. The van der Waals surface area contributed by atoms with Gasteiger partial charge in [-0.05, 0) is 30.5 Å². The lowest BCUT2D eigenvalue weighted by Crippen LogP contribution is -2.24. The number of nitriles is 2. The van der Waals surface area contributed by atoms with Crippen LogP contribution in [-0.2, 0) is 0 Å². The van der Waals surface area contributed by atoms with E-state index in [9.17, 15) is 5.11 Å². The van der Waals surface area contributed by atoms with Gasteiger partial charge in [-0.25, -0.2) is 0 Å². The average Bonchev–Trinajstić information content (AvgIpc) is 2.76. The van der Waals surface area contributed by atoms with Gasteiger partial charge in [-0.3, -0.25) is 4.99 Å². The van der Waals surface area contributed by atoms with Crippen molar-refractivity contribution in [1.82, 2.24) is 0 Å². The number of hydrogen-bond acceptors (Lipinski definition) is 5.